The Labute approximate surface area is 192 Å². The number of hydrogen-bond donors (Lipinski definition) is 2. The Balaban J connectivity index is 1.59. The van der Waals surface area contributed by atoms with Crippen molar-refractivity contribution in [3.05, 3.63) is 89.0 Å². The van der Waals surface area contributed by atoms with Crippen LogP contribution in [0.3, 0.4) is 0 Å². The topological polar surface area (TPSA) is 105 Å². The maximum atomic E-state index is 13.0. The number of aromatic nitrogens is 2. The van der Waals surface area contributed by atoms with Crippen LogP contribution in [0.2, 0.25) is 0 Å². The normalized spacial score (nSPS) is 24.9. The lowest BCUT2D eigenvalue weighted by Gasteiger charge is -2.21. The van der Waals surface area contributed by atoms with E-state index < -0.39 is 36.8 Å². The Hall–Kier alpha value is -3.92. The average molecular weight is 422 g/mol. The van der Waals surface area contributed by atoms with Crippen molar-refractivity contribution in [2.24, 2.45) is 0 Å². The maximum Gasteiger partial charge on any atom is 0.259 e. The second kappa shape index (κ2) is 8.84. The van der Waals surface area contributed by atoms with Crippen molar-refractivity contribution < 1.29 is 20.5 Å². The first-order valence-electron chi connectivity index (χ1n) is 13.3. The molecule has 0 radical (unpaired) electrons. The van der Waals surface area contributed by atoms with Gasteiger partial charge in [0.25, 0.3) is 5.91 Å². The molecule has 0 spiro atoms. The van der Waals surface area contributed by atoms with Gasteiger partial charge in [-0.25, -0.2) is 4.98 Å². The van der Waals surface area contributed by atoms with Crippen LogP contribution in [0.4, 0.5) is 11.5 Å². The zero-order valence-corrected chi connectivity index (χ0v) is 16.2. The first-order valence-corrected chi connectivity index (χ1v) is 9.34. The van der Waals surface area contributed by atoms with E-state index in [0.29, 0.717) is 4.73 Å². The molecule has 7 nitrogen and oxygen atoms in total. The molecule has 1 amide bonds. The maximum absolute atomic E-state index is 13.0. The minimum absolute atomic E-state index is 0.190. The number of nitriles is 1. The molecule has 0 atom stereocenters. The van der Waals surface area contributed by atoms with Crippen LogP contribution in [0, 0.1) is 16.5 Å². The SMILES string of the molecule is [2H]C1([2H])C([2H])([2H])C([2H])([2H])C(C#N)(c2ccc(NC(=O)c3cccnc3NCc3cc[n+]([O-])cc3)cc2)C1([2H])[2H]. The van der Waals surface area contributed by atoms with Gasteiger partial charge < -0.3 is 15.8 Å². The summed E-state index contributed by atoms with van der Waals surface area (Å²) in [7, 11) is 0. The third kappa shape index (κ3) is 4.48. The number of rotatable bonds is 6. The van der Waals surface area contributed by atoms with E-state index in [1.165, 1.54) is 48.9 Å². The first kappa shape index (κ1) is 12.7. The van der Waals surface area contributed by atoms with Gasteiger partial charge in [0.2, 0.25) is 0 Å². The number of carbonyl (C=O) groups is 1. The van der Waals surface area contributed by atoms with Gasteiger partial charge in [-0.1, -0.05) is 24.9 Å². The van der Waals surface area contributed by atoms with E-state index in [-0.39, 0.29) is 29.2 Å². The lowest BCUT2D eigenvalue weighted by Crippen LogP contribution is -2.24. The summed E-state index contributed by atoms with van der Waals surface area (Å²) < 4.78 is 66.2. The molecule has 2 aromatic heterocycles. The summed E-state index contributed by atoms with van der Waals surface area (Å²) in [5.41, 5.74) is -1.91. The molecule has 4 rings (SSSR count). The Bertz CT molecular complexity index is 1410. The predicted octanol–water partition coefficient (Wildman–Crippen LogP) is 3.91. The molecule has 3 aromatic rings. The highest BCUT2D eigenvalue weighted by atomic mass is 16.5. The second-order valence-electron chi connectivity index (χ2n) is 6.71. The molecule has 156 valence electrons. The van der Waals surface area contributed by atoms with Crippen LogP contribution < -0.4 is 15.4 Å². The number of amides is 1. The van der Waals surface area contributed by atoms with Gasteiger partial charge in [0, 0.05) is 41.5 Å². The highest BCUT2D eigenvalue weighted by molar-refractivity contribution is 6.07. The van der Waals surface area contributed by atoms with Gasteiger partial charge in [-0.15, -0.1) is 0 Å². The molecule has 1 aromatic carbocycles. The third-order valence-corrected chi connectivity index (χ3v) is 4.69. The second-order valence-corrected chi connectivity index (χ2v) is 6.71. The molecule has 0 aliphatic heterocycles. The summed E-state index contributed by atoms with van der Waals surface area (Å²) in [5.74, 6) is -0.288. The summed E-state index contributed by atoms with van der Waals surface area (Å²) in [6.07, 6.45) is -8.96. The zero-order chi connectivity index (χ0) is 28.9. The van der Waals surface area contributed by atoms with Gasteiger partial charge in [0.1, 0.15) is 5.82 Å². The fourth-order valence-corrected chi connectivity index (χ4v) is 3.02. The lowest BCUT2D eigenvalue weighted by atomic mass is 9.80. The summed E-state index contributed by atoms with van der Waals surface area (Å²) in [6.45, 7) is 0.286. The van der Waals surface area contributed by atoms with Crippen LogP contribution in [0.15, 0.2) is 67.1 Å². The van der Waals surface area contributed by atoms with Gasteiger partial charge in [-0.2, -0.15) is 9.99 Å². The zero-order valence-electron chi connectivity index (χ0n) is 24.2. The van der Waals surface area contributed by atoms with Crippen LogP contribution >= 0.6 is 0 Å². The van der Waals surface area contributed by atoms with Gasteiger partial charge in [-0.05, 0) is 48.1 Å². The predicted molar refractivity (Wildman–Crippen MR) is 117 cm³/mol. The summed E-state index contributed by atoms with van der Waals surface area (Å²) in [5, 5.41) is 26.9. The highest BCUT2D eigenvalue weighted by Gasteiger charge is 2.35. The number of nitrogens with zero attached hydrogens (tertiary/aromatic N) is 3. The van der Waals surface area contributed by atoms with Crippen molar-refractivity contribution in [2.75, 3.05) is 10.6 Å². The van der Waals surface area contributed by atoms with Crippen molar-refractivity contribution in [1.29, 1.82) is 5.26 Å². The van der Waals surface area contributed by atoms with Crippen LogP contribution in [0.5, 0.6) is 0 Å². The molecule has 1 aliphatic carbocycles. The van der Waals surface area contributed by atoms with Crippen LogP contribution in [-0.2, 0) is 12.0 Å². The van der Waals surface area contributed by atoms with Gasteiger partial charge in [0.15, 0.2) is 12.4 Å². The van der Waals surface area contributed by atoms with E-state index in [9.17, 15) is 15.3 Å². The molecule has 1 fully saturated rings. The Morgan fingerprint density at radius 3 is 2.58 bits per heavy atom. The smallest absolute Gasteiger partial charge is 0.259 e. The van der Waals surface area contributed by atoms with Gasteiger partial charge in [-0.3, -0.25) is 4.79 Å². The summed E-state index contributed by atoms with van der Waals surface area (Å²) in [4.78, 5) is 17.2. The van der Waals surface area contributed by atoms with Crippen molar-refractivity contribution in [1.82, 2.24) is 4.98 Å². The number of pyridine rings is 2. The van der Waals surface area contributed by atoms with E-state index in [0.717, 1.165) is 5.56 Å². The van der Waals surface area contributed by atoms with Gasteiger partial charge in [0.05, 0.1) is 17.0 Å². The van der Waals surface area contributed by atoms with Crippen molar-refractivity contribution in [3.63, 3.8) is 0 Å². The molecular formula is C24H23N5O2. The van der Waals surface area contributed by atoms with Crippen molar-refractivity contribution in [3.8, 4) is 6.07 Å². The third-order valence-electron chi connectivity index (χ3n) is 4.69. The van der Waals surface area contributed by atoms with E-state index in [1.54, 1.807) is 24.3 Å². The molecule has 2 heterocycles. The number of carbonyl (C=O) groups excluding carboxylic acids is 1. The minimum Gasteiger partial charge on any atom is -0.619 e. The Morgan fingerprint density at radius 1 is 1.19 bits per heavy atom. The molecule has 0 bridgehead atoms. The van der Waals surface area contributed by atoms with Crippen LogP contribution in [0.25, 0.3) is 0 Å². The first-order chi connectivity index (χ1) is 18.1. The standard InChI is InChI=1S/C24H23N5O2/c25-17-24(11-1-2-12-24)19-5-7-20(8-6-19)28-23(30)21-4-3-13-26-22(21)27-16-18-9-14-29(31)15-10-18/h3-10,13-15H,1-2,11-12,16H2,(H,26,27)(H,28,30)/i1D2,2D2,11D2,12D2. The molecule has 1 saturated carbocycles. The van der Waals surface area contributed by atoms with Crippen LogP contribution in [0.1, 0.15) is 57.9 Å². The molecule has 2 N–H and O–H groups in total. The number of benzene rings is 1. The highest BCUT2D eigenvalue weighted by Crippen LogP contribution is 2.40. The number of nitrogens with one attached hydrogen (secondary N) is 2. The fourth-order valence-electron chi connectivity index (χ4n) is 3.02. The van der Waals surface area contributed by atoms with Crippen molar-refractivity contribution >= 4 is 17.4 Å². The molecule has 0 saturated heterocycles. The van der Waals surface area contributed by atoms with E-state index in [1.807, 2.05) is 0 Å². The lowest BCUT2D eigenvalue weighted by molar-refractivity contribution is -0.605. The summed E-state index contributed by atoms with van der Waals surface area (Å²) in [6, 6.07) is 12.8. The monoisotopic (exact) mass is 421 g/mol. The Kier molecular flexibility index (Phi) is 3.62. The average Bonchev–Trinajstić information content (AvgIpc) is 2.95. The van der Waals surface area contributed by atoms with E-state index in [4.69, 9.17) is 11.0 Å². The molecule has 7 heteroatoms. The largest absolute Gasteiger partial charge is 0.619 e. The van der Waals surface area contributed by atoms with E-state index in [2.05, 4.69) is 15.6 Å². The number of anilines is 2. The number of hydrogen-bond acceptors (Lipinski definition) is 5. The minimum atomic E-state index is -3.33. The van der Waals surface area contributed by atoms with Crippen LogP contribution in [-0.4, -0.2) is 10.9 Å². The summed E-state index contributed by atoms with van der Waals surface area (Å²) >= 11 is 0. The molecule has 1 aliphatic rings. The molecule has 0 unspecified atom stereocenters. The van der Waals surface area contributed by atoms with Gasteiger partial charge >= 0.3 is 0 Å². The fraction of sp³-hybridized carbons (Fsp3) is 0.250. The molecule has 31 heavy (non-hydrogen) atoms. The quantitative estimate of drug-likeness (QED) is 0.464. The van der Waals surface area contributed by atoms with Crippen molar-refractivity contribution in [2.45, 2.75) is 37.5 Å². The molecular weight excluding hydrogens is 390 g/mol. The Morgan fingerprint density at radius 2 is 1.90 bits per heavy atom. The van der Waals surface area contributed by atoms with E-state index >= 15 is 0 Å².